The van der Waals surface area contributed by atoms with Crippen LogP contribution in [0.25, 0.3) is 0 Å². The molecule has 0 radical (unpaired) electrons. The molecule has 2 saturated heterocycles. The van der Waals surface area contributed by atoms with Crippen LogP contribution < -0.4 is 0 Å². The fourth-order valence-corrected chi connectivity index (χ4v) is 24.2. The van der Waals surface area contributed by atoms with Crippen molar-refractivity contribution >= 4 is 11.9 Å². The van der Waals surface area contributed by atoms with Gasteiger partial charge in [-0.1, -0.05) is 657 Å². The summed E-state index contributed by atoms with van der Waals surface area (Å²) >= 11 is 0. The maximum atomic E-state index is 14.3. The number of aliphatic hydroxyl groups excluding tert-OH is 8. The van der Waals surface area contributed by atoms with Gasteiger partial charge in [-0.25, -0.2) is 0 Å². The highest BCUT2D eigenvalue weighted by Crippen LogP contribution is 2.47. The summed E-state index contributed by atoms with van der Waals surface area (Å²) in [5.74, 6) is 1.05. The van der Waals surface area contributed by atoms with E-state index < -0.39 is 111 Å². The van der Waals surface area contributed by atoms with E-state index >= 15 is 0 Å². The maximum absolute atomic E-state index is 14.3. The van der Waals surface area contributed by atoms with Crippen molar-refractivity contribution < 1.29 is 74.1 Å². The molecule has 0 aromatic carbocycles. The summed E-state index contributed by atoms with van der Waals surface area (Å²) in [5.41, 5.74) is 0. The number of carbonyl (C=O) groups is 2. The summed E-state index contributed by atoms with van der Waals surface area (Å²) in [7, 11) is 0. The van der Waals surface area contributed by atoms with Crippen molar-refractivity contribution in [2.24, 2.45) is 35.5 Å². The highest BCUT2D eigenvalue weighted by molar-refractivity contribution is 5.73. The number of rotatable bonds is 114. The van der Waals surface area contributed by atoms with Crippen molar-refractivity contribution in [3.63, 3.8) is 0 Å². The smallest absolute Gasteiger partial charge is 0.311 e. The van der Waals surface area contributed by atoms with Crippen LogP contribution in [0.1, 0.15) is 695 Å². The summed E-state index contributed by atoms with van der Waals surface area (Å²) in [6.07, 6.45) is 114. The first-order valence-corrected chi connectivity index (χ1v) is 66.0. The molecule has 18 atom stereocenters. The molecule has 15 nitrogen and oxygen atoms in total. The minimum Gasteiger partial charge on any atom is -0.463 e. The first-order valence-electron chi connectivity index (χ1n) is 66.0. The van der Waals surface area contributed by atoms with E-state index in [0.29, 0.717) is 25.7 Å². The lowest BCUT2D eigenvalue weighted by Crippen LogP contribution is -2.64. The molecule has 4 fully saturated rings. The van der Waals surface area contributed by atoms with Gasteiger partial charge in [0, 0.05) is 0 Å². The third-order valence-electron chi connectivity index (χ3n) is 34.8. The van der Waals surface area contributed by atoms with E-state index in [1.54, 1.807) is 0 Å². The molecule has 2 saturated carbocycles. The Morgan fingerprint density at radius 1 is 0.207 bits per heavy atom. The van der Waals surface area contributed by atoms with Gasteiger partial charge in [0.1, 0.15) is 62.0 Å². The van der Waals surface area contributed by atoms with Gasteiger partial charge in [-0.15, -0.1) is 0 Å². The molecule has 860 valence electrons. The average molecular weight is 2050 g/mol. The standard InChI is InChI=1S/C130H250O15/c1-5-9-13-17-21-25-29-33-37-41-43-45-47-49-51-55-59-63-71-79-87-95-103-115(117(131)105-97-89-81-73-65-69-77-85-93-101-113-107-111(113)99-91-83-75-67-61-57-53-39-35-31-27-23-19-15-11-7-3)127(139)141-109-119-121(133)123(135)125(137)129(143-119)145-130-126(138)124(136)122(134)120(144-130)110-142-128(140)116(104-96-88-80-72-64-60-56-52-50-48-46-44-42-38-34-30-26-22-18-14-10-6-2)118(132)106-98-90-82-74-66-70-78-86-94-102-114-108-112(114)100-92-84-76-68-62-58-54-40-36-32-28-24-20-16-12-8-4/h111-126,129-138H,5-110H2,1-4H3/t111?,112?,113?,114?,115?,116?,117?,118?,119-,120-,121-,122-,123+,124+,125-,126-,129-,130-/m1/s1. The molecule has 2 aliphatic heterocycles. The van der Waals surface area contributed by atoms with Crippen molar-refractivity contribution in [2.75, 3.05) is 13.2 Å². The van der Waals surface area contributed by atoms with Gasteiger partial charge in [-0.2, -0.15) is 0 Å². The van der Waals surface area contributed by atoms with Gasteiger partial charge >= 0.3 is 11.9 Å². The van der Waals surface area contributed by atoms with E-state index in [2.05, 4.69) is 27.7 Å². The van der Waals surface area contributed by atoms with Crippen LogP contribution >= 0.6 is 0 Å². The summed E-state index contributed by atoms with van der Waals surface area (Å²) in [6.45, 7) is 8.08. The highest BCUT2D eigenvalue weighted by Gasteiger charge is 2.51. The second-order valence-electron chi connectivity index (χ2n) is 48.4. The lowest BCUT2D eigenvalue weighted by Gasteiger charge is -2.44. The maximum Gasteiger partial charge on any atom is 0.311 e. The number of esters is 2. The first kappa shape index (κ1) is 136. The minimum absolute atomic E-state index is 0.434. The predicted octanol–water partition coefficient (Wildman–Crippen LogP) is 36.8. The Kier molecular flexibility index (Phi) is 93.0. The molecule has 4 aliphatic rings. The van der Waals surface area contributed by atoms with Crippen LogP contribution in [-0.4, -0.2) is 140 Å². The van der Waals surface area contributed by atoms with Crippen molar-refractivity contribution in [3.05, 3.63) is 0 Å². The molecule has 8 unspecified atom stereocenters. The zero-order chi connectivity index (χ0) is 104. The van der Waals surface area contributed by atoms with E-state index in [0.717, 1.165) is 126 Å². The van der Waals surface area contributed by atoms with E-state index in [1.807, 2.05) is 0 Å². The molecule has 145 heavy (non-hydrogen) atoms. The number of aliphatic hydroxyl groups is 8. The zero-order valence-electron chi connectivity index (χ0n) is 96.8. The van der Waals surface area contributed by atoms with Gasteiger partial charge in [0.15, 0.2) is 12.6 Å². The monoisotopic (exact) mass is 2050 g/mol. The molecule has 0 amide bonds. The second kappa shape index (κ2) is 99.3. The van der Waals surface area contributed by atoms with Crippen molar-refractivity contribution in [3.8, 4) is 0 Å². The molecule has 0 aromatic heterocycles. The molecular weight excluding hydrogens is 1800 g/mol. The largest absolute Gasteiger partial charge is 0.463 e. The van der Waals surface area contributed by atoms with Crippen LogP contribution in [0.3, 0.4) is 0 Å². The Hall–Kier alpha value is -1.50. The number of hydrogen-bond acceptors (Lipinski definition) is 15. The summed E-state index contributed by atoms with van der Waals surface area (Å²) in [5, 5.41) is 91.9. The third kappa shape index (κ3) is 75.9. The molecule has 0 spiro atoms. The van der Waals surface area contributed by atoms with Crippen LogP contribution in [0.2, 0.25) is 0 Å². The summed E-state index contributed by atoms with van der Waals surface area (Å²) in [4.78, 5) is 28.7. The topological polar surface area (TPSA) is 242 Å². The lowest BCUT2D eigenvalue weighted by atomic mass is 9.91. The number of hydrogen-bond donors (Lipinski definition) is 8. The quantitative estimate of drug-likeness (QED) is 0.0209. The Morgan fingerprint density at radius 2 is 0.359 bits per heavy atom. The van der Waals surface area contributed by atoms with E-state index in [9.17, 15) is 50.4 Å². The van der Waals surface area contributed by atoms with Crippen LogP contribution in [0, 0.1) is 35.5 Å². The Morgan fingerprint density at radius 3 is 0.531 bits per heavy atom. The van der Waals surface area contributed by atoms with E-state index in [1.165, 1.54) is 539 Å². The SMILES string of the molecule is CCCCCCCCCCCCCCCCCCCCCCCCC(C(=O)OC[C@H]1O[C@H](O[C@H]2O[C@H](COC(=O)C(CCCCCCCCCCCCCCCCCCCCCCCC)C(O)CCCCCCCCCCCC3CC3CCCCCCCCCCCCCCCCCC)[C@@H](O)[C@H](O)[C@H]2O)[C@H](O)[C@@H](O)[C@@H]1O)C(O)CCCCCCCCCCCC1CC1CCCCCCCCCCCCCCCCCC. The molecule has 0 bridgehead atoms. The molecule has 15 heteroatoms. The second-order valence-corrected chi connectivity index (χ2v) is 48.4. The molecule has 2 heterocycles. The first-order chi connectivity index (χ1) is 71.3. The van der Waals surface area contributed by atoms with Crippen molar-refractivity contribution in [2.45, 2.75) is 769 Å². The highest BCUT2D eigenvalue weighted by atomic mass is 16.8. The van der Waals surface area contributed by atoms with E-state index in [4.69, 9.17) is 23.7 Å². The van der Waals surface area contributed by atoms with Crippen molar-refractivity contribution in [1.29, 1.82) is 0 Å². The summed E-state index contributed by atoms with van der Waals surface area (Å²) < 4.78 is 29.9. The molecule has 4 rings (SSSR count). The van der Waals surface area contributed by atoms with Crippen LogP contribution in [-0.2, 0) is 33.3 Å². The van der Waals surface area contributed by atoms with Gasteiger partial charge in [0.25, 0.3) is 0 Å². The van der Waals surface area contributed by atoms with Gasteiger partial charge in [-0.3, -0.25) is 9.59 Å². The number of unbranched alkanes of at least 4 members (excludes halogenated alkanes) is 88. The number of ether oxygens (including phenoxy) is 5. The fraction of sp³-hybridized carbons (Fsp3) is 0.985. The molecular formula is C130H250O15. The molecule has 2 aliphatic carbocycles. The van der Waals surface area contributed by atoms with Gasteiger partial charge < -0.3 is 64.5 Å². The fourth-order valence-electron chi connectivity index (χ4n) is 24.2. The number of carbonyl (C=O) groups excluding carboxylic acids is 2. The predicted molar refractivity (Wildman–Crippen MR) is 612 cm³/mol. The normalized spacial score (nSPS) is 21.9. The van der Waals surface area contributed by atoms with E-state index in [-0.39, 0.29) is 0 Å². The zero-order valence-corrected chi connectivity index (χ0v) is 96.8. The average Bonchev–Trinajstić information content (AvgIpc) is 1.69. The minimum atomic E-state index is -1.90. The van der Waals surface area contributed by atoms with Crippen LogP contribution in [0.15, 0.2) is 0 Å². The van der Waals surface area contributed by atoms with Gasteiger partial charge in [0.2, 0.25) is 0 Å². The molecule has 8 N–H and O–H groups in total. The van der Waals surface area contributed by atoms with Crippen molar-refractivity contribution in [1.82, 2.24) is 0 Å². The van der Waals surface area contributed by atoms with Gasteiger partial charge in [-0.05, 0) is 62.2 Å². The Balaban J connectivity index is 1.21. The third-order valence-corrected chi connectivity index (χ3v) is 34.8. The summed E-state index contributed by atoms with van der Waals surface area (Å²) in [6, 6.07) is 0. The molecule has 0 aromatic rings. The Labute approximate surface area is 898 Å². The van der Waals surface area contributed by atoms with Crippen LogP contribution in [0.5, 0.6) is 0 Å². The Bertz CT molecular complexity index is 2530. The lowest BCUT2D eigenvalue weighted by molar-refractivity contribution is -0.376. The van der Waals surface area contributed by atoms with Crippen LogP contribution in [0.4, 0.5) is 0 Å². The van der Waals surface area contributed by atoms with Gasteiger partial charge in [0.05, 0.1) is 24.0 Å².